The van der Waals surface area contributed by atoms with E-state index in [2.05, 4.69) is 29.8 Å². The van der Waals surface area contributed by atoms with E-state index in [0.717, 1.165) is 13.0 Å². The van der Waals surface area contributed by atoms with Crippen LogP contribution in [0.1, 0.15) is 37.0 Å². The summed E-state index contributed by atoms with van der Waals surface area (Å²) in [5.74, 6) is -0.390. The molecule has 5 heteroatoms. The topological polar surface area (TPSA) is 70.2 Å². The summed E-state index contributed by atoms with van der Waals surface area (Å²) < 4.78 is 0. The Bertz CT molecular complexity index is 514. The summed E-state index contributed by atoms with van der Waals surface area (Å²) in [7, 11) is 0. The number of piperidine rings is 1. The number of nitrogens with one attached hydrogen (secondary N) is 3. The van der Waals surface area contributed by atoms with E-state index in [9.17, 15) is 9.59 Å². The van der Waals surface area contributed by atoms with E-state index < -0.39 is 0 Å². The van der Waals surface area contributed by atoms with E-state index in [0.29, 0.717) is 12.1 Å². The highest BCUT2D eigenvalue weighted by molar-refractivity contribution is 5.96. The fourth-order valence-corrected chi connectivity index (χ4v) is 2.75. The highest BCUT2D eigenvalue weighted by Gasteiger charge is 2.31. The zero-order valence-electron chi connectivity index (χ0n) is 13.3. The summed E-state index contributed by atoms with van der Waals surface area (Å²) in [5, 5.41) is 8.99. The molecule has 1 aromatic carbocycles. The molecule has 0 aliphatic carbocycles. The Morgan fingerprint density at radius 3 is 2.64 bits per heavy atom. The van der Waals surface area contributed by atoms with Crippen LogP contribution in [0.15, 0.2) is 30.3 Å². The standard InChI is InChI=1S/C17H25N3O2/c1-17(2)9-6-10-18-14(17)11-19-15(21)12-20-16(22)13-7-4-3-5-8-13/h3-5,7-8,14,18H,6,9-12H2,1-2H3,(H,19,21)(H,20,22). The first-order valence-corrected chi connectivity index (χ1v) is 7.82. The molecule has 1 aliphatic rings. The molecule has 1 saturated heterocycles. The van der Waals surface area contributed by atoms with E-state index in [1.54, 1.807) is 24.3 Å². The van der Waals surface area contributed by atoms with Crippen molar-refractivity contribution in [3.05, 3.63) is 35.9 Å². The van der Waals surface area contributed by atoms with Crippen LogP contribution in [0, 0.1) is 5.41 Å². The van der Waals surface area contributed by atoms with Gasteiger partial charge in [-0.15, -0.1) is 0 Å². The van der Waals surface area contributed by atoms with Crippen molar-refractivity contribution in [2.75, 3.05) is 19.6 Å². The Morgan fingerprint density at radius 1 is 1.23 bits per heavy atom. The molecular formula is C17H25N3O2. The molecule has 1 fully saturated rings. The Balaban J connectivity index is 1.73. The summed E-state index contributed by atoms with van der Waals surface area (Å²) in [4.78, 5) is 23.7. The van der Waals surface area contributed by atoms with E-state index in [1.165, 1.54) is 6.42 Å². The molecule has 1 heterocycles. The minimum Gasteiger partial charge on any atom is -0.353 e. The molecule has 1 unspecified atom stereocenters. The minimum absolute atomic E-state index is 0.000869. The molecule has 1 atom stereocenters. The van der Waals surface area contributed by atoms with Crippen LogP contribution in [-0.4, -0.2) is 37.5 Å². The Kier molecular flexibility index (Phi) is 5.55. The second-order valence-corrected chi connectivity index (χ2v) is 6.45. The van der Waals surface area contributed by atoms with E-state index in [4.69, 9.17) is 0 Å². The van der Waals surface area contributed by atoms with Gasteiger partial charge >= 0.3 is 0 Å². The first-order valence-electron chi connectivity index (χ1n) is 7.82. The summed E-state index contributed by atoms with van der Waals surface area (Å²) in [5.41, 5.74) is 0.740. The van der Waals surface area contributed by atoms with Crippen LogP contribution in [0.25, 0.3) is 0 Å². The molecule has 1 aromatic rings. The average Bonchev–Trinajstić information content (AvgIpc) is 2.52. The van der Waals surface area contributed by atoms with Crippen molar-refractivity contribution in [3.63, 3.8) is 0 Å². The highest BCUT2D eigenvalue weighted by atomic mass is 16.2. The third kappa shape index (κ3) is 4.56. The lowest BCUT2D eigenvalue weighted by atomic mass is 9.77. The number of carbonyl (C=O) groups is 2. The van der Waals surface area contributed by atoms with E-state index in [1.807, 2.05) is 6.07 Å². The van der Waals surface area contributed by atoms with Gasteiger partial charge in [0, 0.05) is 18.2 Å². The zero-order chi connectivity index (χ0) is 16.0. The fourth-order valence-electron chi connectivity index (χ4n) is 2.75. The maximum Gasteiger partial charge on any atom is 0.251 e. The van der Waals surface area contributed by atoms with Crippen molar-refractivity contribution in [2.45, 2.75) is 32.7 Å². The highest BCUT2D eigenvalue weighted by Crippen LogP contribution is 2.29. The number of hydrogen-bond donors (Lipinski definition) is 3. The second-order valence-electron chi connectivity index (χ2n) is 6.45. The predicted molar refractivity (Wildman–Crippen MR) is 86.6 cm³/mol. The Hall–Kier alpha value is -1.88. The quantitative estimate of drug-likeness (QED) is 0.768. The lowest BCUT2D eigenvalue weighted by Gasteiger charge is -2.39. The maximum atomic E-state index is 11.9. The third-order valence-electron chi connectivity index (χ3n) is 4.28. The van der Waals surface area contributed by atoms with Crippen LogP contribution in [0.4, 0.5) is 0 Å². The lowest BCUT2D eigenvalue weighted by Crippen LogP contribution is -2.53. The molecule has 0 aromatic heterocycles. The second kappa shape index (κ2) is 7.40. The molecule has 2 rings (SSSR count). The molecule has 1 aliphatic heterocycles. The number of rotatable bonds is 5. The van der Waals surface area contributed by atoms with E-state index >= 15 is 0 Å². The summed E-state index contributed by atoms with van der Waals surface area (Å²) in [6.45, 7) is 6.02. The molecule has 2 amide bonds. The lowest BCUT2D eigenvalue weighted by molar-refractivity contribution is -0.120. The largest absolute Gasteiger partial charge is 0.353 e. The molecule has 0 bridgehead atoms. The van der Waals surface area contributed by atoms with Crippen molar-refractivity contribution < 1.29 is 9.59 Å². The van der Waals surface area contributed by atoms with Crippen molar-refractivity contribution in [3.8, 4) is 0 Å². The molecule has 120 valence electrons. The van der Waals surface area contributed by atoms with E-state index in [-0.39, 0.29) is 29.8 Å². The SMILES string of the molecule is CC1(C)CCCNC1CNC(=O)CNC(=O)c1ccccc1. The molecule has 0 radical (unpaired) electrons. The summed E-state index contributed by atoms with van der Waals surface area (Å²) >= 11 is 0. The molecule has 22 heavy (non-hydrogen) atoms. The molecule has 5 nitrogen and oxygen atoms in total. The normalized spacial score (nSPS) is 20.2. The van der Waals surface area contributed by atoms with Crippen molar-refractivity contribution in [1.82, 2.24) is 16.0 Å². The molecular weight excluding hydrogens is 278 g/mol. The molecule has 0 spiro atoms. The van der Waals surface area contributed by atoms with Gasteiger partial charge in [0.05, 0.1) is 6.54 Å². The minimum atomic E-state index is -0.230. The van der Waals surface area contributed by atoms with Crippen LogP contribution >= 0.6 is 0 Å². The van der Waals surface area contributed by atoms with Crippen molar-refractivity contribution >= 4 is 11.8 Å². The zero-order valence-corrected chi connectivity index (χ0v) is 13.3. The molecule has 3 N–H and O–H groups in total. The smallest absolute Gasteiger partial charge is 0.251 e. The molecule has 0 saturated carbocycles. The number of amides is 2. The van der Waals surface area contributed by atoms with Gasteiger partial charge in [-0.3, -0.25) is 9.59 Å². The van der Waals surface area contributed by atoms with Gasteiger partial charge in [0.2, 0.25) is 5.91 Å². The van der Waals surface area contributed by atoms with Crippen LogP contribution in [0.2, 0.25) is 0 Å². The number of hydrogen-bond acceptors (Lipinski definition) is 3. The van der Waals surface area contributed by atoms with Gasteiger partial charge in [-0.05, 0) is 36.9 Å². The van der Waals surface area contributed by atoms with Crippen LogP contribution in [-0.2, 0) is 4.79 Å². The van der Waals surface area contributed by atoms with Gasteiger partial charge in [-0.1, -0.05) is 32.0 Å². The Morgan fingerprint density at radius 2 is 1.95 bits per heavy atom. The summed E-state index contributed by atoms with van der Waals surface area (Å²) in [6.07, 6.45) is 2.33. The van der Waals surface area contributed by atoms with Gasteiger partial charge in [-0.2, -0.15) is 0 Å². The van der Waals surface area contributed by atoms with Crippen molar-refractivity contribution in [2.24, 2.45) is 5.41 Å². The van der Waals surface area contributed by atoms with Gasteiger partial charge in [-0.25, -0.2) is 0 Å². The Labute approximate surface area is 131 Å². The third-order valence-corrected chi connectivity index (χ3v) is 4.28. The summed E-state index contributed by atoms with van der Waals surface area (Å²) in [6, 6.07) is 9.17. The monoisotopic (exact) mass is 303 g/mol. The first-order chi connectivity index (χ1) is 10.5. The maximum absolute atomic E-state index is 11.9. The number of carbonyl (C=O) groups excluding carboxylic acids is 2. The van der Waals surface area contributed by atoms with Crippen LogP contribution < -0.4 is 16.0 Å². The average molecular weight is 303 g/mol. The van der Waals surface area contributed by atoms with Crippen molar-refractivity contribution in [1.29, 1.82) is 0 Å². The van der Waals surface area contributed by atoms with Crippen LogP contribution in [0.5, 0.6) is 0 Å². The van der Waals surface area contributed by atoms with Gasteiger partial charge in [0.25, 0.3) is 5.91 Å². The predicted octanol–water partition coefficient (Wildman–Crippen LogP) is 1.31. The van der Waals surface area contributed by atoms with Crippen LogP contribution in [0.3, 0.4) is 0 Å². The first kappa shape index (κ1) is 16.5. The number of benzene rings is 1. The van der Waals surface area contributed by atoms with Gasteiger partial charge < -0.3 is 16.0 Å². The van der Waals surface area contributed by atoms with Gasteiger partial charge in [0.1, 0.15) is 0 Å². The van der Waals surface area contributed by atoms with Gasteiger partial charge in [0.15, 0.2) is 0 Å². The fraction of sp³-hybridized carbons (Fsp3) is 0.529.